The van der Waals surface area contributed by atoms with Gasteiger partial charge in [0.05, 0.1) is 17.2 Å². The van der Waals surface area contributed by atoms with Gasteiger partial charge in [-0.15, -0.1) is 0 Å². The van der Waals surface area contributed by atoms with Crippen LogP contribution < -0.4 is 14.4 Å². The van der Waals surface area contributed by atoms with Crippen molar-refractivity contribution in [3.05, 3.63) is 54.3 Å². The van der Waals surface area contributed by atoms with E-state index in [1.807, 2.05) is 6.92 Å². The Hall–Kier alpha value is -2.61. The van der Waals surface area contributed by atoms with Gasteiger partial charge >= 0.3 is 0 Å². The molecule has 0 radical (unpaired) electrons. The molecule has 1 fully saturated rings. The minimum absolute atomic E-state index is 0.0301. The van der Waals surface area contributed by atoms with E-state index in [-0.39, 0.29) is 29.1 Å². The monoisotopic (exact) mass is 448 g/mol. The third-order valence-corrected chi connectivity index (χ3v) is 7.13. The number of benzene rings is 2. The molecule has 0 saturated heterocycles. The average Bonchev–Trinajstić information content (AvgIpc) is 3.02. The van der Waals surface area contributed by atoms with Crippen molar-refractivity contribution in [1.82, 2.24) is 5.32 Å². The number of halogens is 1. The quantitative estimate of drug-likeness (QED) is 0.613. The fourth-order valence-corrected chi connectivity index (χ4v) is 5.17. The van der Waals surface area contributed by atoms with Crippen molar-refractivity contribution in [3.63, 3.8) is 0 Å². The second kappa shape index (κ2) is 10.6. The number of ether oxygens (including phenoxy) is 1. The van der Waals surface area contributed by atoms with Crippen molar-refractivity contribution in [2.24, 2.45) is 0 Å². The van der Waals surface area contributed by atoms with Crippen molar-refractivity contribution in [2.45, 2.75) is 56.4 Å². The highest BCUT2D eigenvalue weighted by Gasteiger charge is 2.28. The van der Waals surface area contributed by atoms with Gasteiger partial charge in [0.2, 0.25) is 5.91 Å². The van der Waals surface area contributed by atoms with Crippen LogP contribution >= 0.6 is 0 Å². The number of sulfonamides is 1. The Bertz CT molecular complexity index is 954. The number of anilines is 1. The maximum absolute atomic E-state index is 13.4. The first kappa shape index (κ1) is 23.1. The molecule has 0 spiro atoms. The predicted molar refractivity (Wildman–Crippen MR) is 118 cm³/mol. The standard InChI is InChI=1S/C23H29FN2O4S/c1-2-30-21-13-15-22(16-14-21)31(28,29)26(20-11-9-18(24)10-12-20)17-23(27)25-19-7-5-3-4-6-8-19/h9-16,19H,2-8,17H2,1H3,(H,25,27). The number of nitrogens with zero attached hydrogens (tertiary/aromatic N) is 1. The van der Waals surface area contributed by atoms with E-state index in [1.54, 1.807) is 12.1 Å². The first-order valence-corrected chi connectivity index (χ1v) is 12.1. The molecule has 0 unspecified atom stereocenters. The lowest BCUT2D eigenvalue weighted by Crippen LogP contribution is -2.44. The molecule has 0 aliphatic heterocycles. The van der Waals surface area contributed by atoms with Crippen molar-refractivity contribution >= 4 is 21.6 Å². The molecular formula is C23H29FN2O4S. The van der Waals surface area contributed by atoms with Gasteiger partial charge in [-0.1, -0.05) is 25.7 Å². The lowest BCUT2D eigenvalue weighted by atomic mass is 10.1. The third kappa shape index (κ3) is 6.19. The van der Waals surface area contributed by atoms with Crippen LogP contribution in [0.1, 0.15) is 45.4 Å². The maximum Gasteiger partial charge on any atom is 0.264 e. The van der Waals surface area contributed by atoms with Crippen LogP contribution in [0, 0.1) is 5.82 Å². The summed E-state index contributed by atoms with van der Waals surface area (Å²) in [6.07, 6.45) is 6.20. The van der Waals surface area contributed by atoms with E-state index in [0.29, 0.717) is 12.4 Å². The summed E-state index contributed by atoms with van der Waals surface area (Å²) in [5.74, 6) is -0.295. The predicted octanol–water partition coefficient (Wildman–Crippen LogP) is 4.26. The second-order valence-electron chi connectivity index (χ2n) is 7.65. The van der Waals surface area contributed by atoms with E-state index in [0.717, 1.165) is 42.8 Å². The molecule has 0 atom stereocenters. The summed E-state index contributed by atoms with van der Waals surface area (Å²) in [6.45, 7) is 1.93. The van der Waals surface area contributed by atoms with Gasteiger partial charge in [0.15, 0.2) is 0 Å². The number of carbonyl (C=O) groups excluding carboxylic acids is 1. The molecule has 8 heteroatoms. The summed E-state index contributed by atoms with van der Waals surface area (Å²) in [5.41, 5.74) is 0.228. The molecule has 1 N–H and O–H groups in total. The highest BCUT2D eigenvalue weighted by atomic mass is 32.2. The van der Waals surface area contributed by atoms with E-state index in [2.05, 4.69) is 5.32 Å². The maximum atomic E-state index is 13.4. The van der Waals surface area contributed by atoms with Crippen LogP contribution in [0.2, 0.25) is 0 Å². The molecule has 0 heterocycles. The summed E-state index contributed by atoms with van der Waals surface area (Å²) in [6, 6.07) is 11.2. The normalized spacial score (nSPS) is 15.2. The number of hydrogen-bond donors (Lipinski definition) is 1. The summed E-state index contributed by atoms with van der Waals surface area (Å²) < 4.78 is 46.6. The summed E-state index contributed by atoms with van der Waals surface area (Å²) in [7, 11) is -4.05. The fraction of sp³-hybridized carbons (Fsp3) is 0.435. The first-order valence-electron chi connectivity index (χ1n) is 10.7. The number of rotatable bonds is 8. The molecular weight excluding hydrogens is 419 g/mol. The Labute approximate surface area is 183 Å². The van der Waals surface area contributed by atoms with Gasteiger partial charge in [-0.2, -0.15) is 0 Å². The Morgan fingerprint density at radius 3 is 2.23 bits per heavy atom. The molecule has 0 bridgehead atoms. The zero-order valence-corrected chi connectivity index (χ0v) is 18.5. The van der Waals surface area contributed by atoms with E-state index in [4.69, 9.17) is 4.74 Å². The van der Waals surface area contributed by atoms with Gasteiger partial charge in [-0.05, 0) is 68.3 Å². The smallest absolute Gasteiger partial charge is 0.264 e. The van der Waals surface area contributed by atoms with Gasteiger partial charge in [-0.25, -0.2) is 12.8 Å². The lowest BCUT2D eigenvalue weighted by molar-refractivity contribution is -0.120. The Kier molecular flexibility index (Phi) is 7.90. The van der Waals surface area contributed by atoms with E-state index >= 15 is 0 Å². The summed E-state index contributed by atoms with van der Waals surface area (Å²) >= 11 is 0. The number of hydrogen-bond acceptors (Lipinski definition) is 4. The Balaban J connectivity index is 1.84. The van der Waals surface area contributed by atoms with E-state index in [1.165, 1.54) is 36.4 Å². The minimum Gasteiger partial charge on any atom is -0.494 e. The van der Waals surface area contributed by atoms with Crippen LogP contribution in [0.5, 0.6) is 5.75 Å². The molecule has 3 rings (SSSR count). The molecule has 2 aromatic carbocycles. The second-order valence-corrected chi connectivity index (χ2v) is 9.51. The van der Waals surface area contributed by atoms with Gasteiger partial charge < -0.3 is 10.1 Å². The molecule has 1 aliphatic carbocycles. The zero-order chi connectivity index (χ0) is 22.3. The fourth-order valence-electron chi connectivity index (χ4n) is 3.75. The lowest BCUT2D eigenvalue weighted by Gasteiger charge is -2.25. The number of amides is 1. The van der Waals surface area contributed by atoms with Crippen LogP contribution in [0.3, 0.4) is 0 Å². The Morgan fingerprint density at radius 2 is 1.65 bits per heavy atom. The van der Waals surface area contributed by atoms with E-state index in [9.17, 15) is 17.6 Å². The van der Waals surface area contributed by atoms with Crippen molar-refractivity contribution in [2.75, 3.05) is 17.5 Å². The largest absolute Gasteiger partial charge is 0.494 e. The zero-order valence-electron chi connectivity index (χ0n) is 17.7. The van der Waals surface area contributed by atoms with Gasteiger partial charge in [0, 0.05) is 6.04 Å². The summed E-state index contributed by atoms with van der Waals surface area (Å²) in [4.78, 5) is 12.8. The van der Waals surface area contributed by atoms with Gasteiger partial charge in [0.1, 0.15) is 18.1 Å². The molecule has 1 amide bonds. The van der Waals surface area contributed by atoms with Crippen LogP contribution in [0.25, 0.3) is 0 Å². The molecule has 168 valence electrons. The minimum atomic E-state index is -4.05. The molecule has 6 nitrogen and oxygen atoms in total. The number of nitrogens with one attached hydrogen (secondary N) is 1. The van der Waals surface area contributed by atoms with Crippen LogP contribution in [-0.4, -0.2) is 33.5 Å². The van der Waals surface area contributed by atoms with Crippen molar-refractivity contribution in [1.29, 1.82) is 0 Å². The molecule has 0 aromatic heterocycles. The van der Waals surface area contributed by atoms with Crippen LogP contribution in [-0.2, 0) is 14.8 Å². The van der Waals surface area contributed by atoms with Crippen molar-refractivity contribution < 1.29 is 22.3 Å². The Morgan fingerprint density at radius 1 is 1.03 bits per heavy atom. The van der Waals surface area contributed by atoms with Crippen LogP contribution in [0.15, 0.2) is 53.4 Å². The SMILES string of the molecule is CCOc1ccc(S(=O)(=O)N(CC(=O)NC2CCCCCC2)c2ccc(F)cc2)cc1. The molecule has 31 heavy (non-hydrogen) atoms. The molecule has 2 aromatic rings. The average molecular weight is 449 g/mol. The number of carbonyl (C=O) groups is 1. The summed E-state index contributed by atoms with van der Waals surface area (Å²) in [5, 5.41) is 2.98. The highest BCUT2D eigenvalue weighted by Crippen LogP contribution is 2.26. The van der Waals surface area contributed by atoms with Gasteiger partial charge in [-0.3, -0.25) is 9.10 Å². The topological polar surface area (TPSA) is 75.7 Å². The van der Waals surface area contributed by atoms with Gasteiger partial charge in [0.25, 0.3) is 10.0 Å². The van der Waals surface area contributed by atoms with E-state index < -0.39 is 15.8 Å². The highest BCUT2D eigenvalue weighted by molar-refractivity contribution is 7.92. The molecule has 1 saturated carbocycles. The van der Waals surface area contributed by atoms with Crippen molar-refractivity contribution in [3.8, 4) is 5.75 Å². The van der Waals surface area contributed by atoms with Crippen LogP contribution in [0.4, 0.5) is 10.1 Å². The third-order valence-electron chi connectivity index (χ3n) is 5.34. The molecule has 1 aliphatic rings. The first-order chi connectivity index (χ1) is 14.9.